The second kappa shape index (κ2) is 12.8. The number of aliphatic hydroxyl groups is 3. The summed E-state index contributed by atoms with van der Waals surface area (Å²) in [5, 5.41) is 32.9. The number of aryl methyl sites for hydroxylation is 2. The monoisotopic (exact) mass is 520 g/mol. The average molecular weight is 521 g/mol. The molecule has 0 spiro atoms. The van der Waals surface area contributed by atoms with Crippen LogP contribution in [0.1, 0.15) is 38.8 Å². The largest absolute Gasteiger partial charge is 0.505 e. The Morgan fingerprint density at radius 3 is 1.87 bits per heavy atom. The lowest BCUT2D eigenvalue weighted by Crippen LogP contribution is -2.27. The van der Waals surface area contributed by atoms with Gasteiger partial charge in [0.2, 0.25) is 5.78 Å². The van der Waals surface area contributed by atoms with Crippen molar-refractivity contribution in [2.75, 3.05) is 54.5 Å². The Balaban J connectivity index is 1.99. The Bertz CT molecular complexity index is 1280. The van der Waals surface area contributed by atoms with E-state index in [1.807, 2.05) is 64.1 Å². The number of anilines is 3. The topological polar surface area (TPSA) is 109 Å². The summed E-state index contributed by atoms with van der Waals surface area (Å²) in [5.41, 5.74) is 6.89. The Hall–Kier alpha value is -3.62. The number of aliphatic imine (C=N–C) groups is 1. The fourth-order valence-corrected chi connectivity index (χ4v) is 4.61. The number of nitrogens with zero attached hydrogens (tertiary/aromatic N) is 3. The number of carbonyl (C=O) groups is 1. The Morgan fingerprint density at radius 1 is 0.816 bits per heavy atom. The summed E-state index contributed by atoms with van der Waals surface area (Å²) >= 11 is 0. The first-order chi connectivity index (χ1) is 18.2. The van der Waals surface area contributed by atoms with Gasteiger partial charge in [0.25, 0.3) is 0 Å². The fourth-order valence-electron chi connectivity index (χ4n) is 4.61. The second-order valence-electron chi connectivity index (χ2n) is 9.46. The maximum atomic E-state index is 13.2. The standard InChI is InChI=1S/C30H40N4O4/c1-7-33(13-15-35)23-9-11-25(19(3)17-23)31-27-21(5)28(30(38)22(6)29(27)37)32-26-12-10-24(18-20(26)4)34(8-2)14-16-36/h9-12,17-18,31,35-37H,7-8,13-16H2,1-6H3. The number of hydrogen-bond acceptors (Lipinski definition) is 8. The van der Waals surface area contributed by atoms with Gasteiger partial charge >= 0.3 is 0 Å². The van der Waals surface area contributed by atoms with E-state index < -0.39 is 0 Å². The highest BCUT2D eigenvalue weighted by Crippen LogP contribution is 2.32. The van der Waals surface area contributed by atoms with Gasteiger partial charge in [0, 0.05) is 54.4 Å². The van der Waals surface area contributed by atoms with E-state index in [0.717, 1.165) is 41.3 Å². The molecular weight excluding hydrogens is 480 g/mol. The van der Waals surface area contributed by atoms with E-state index in [1.165, 1.54) is 0 Å². The van der Waals surface area contributed by atoms with E-state index in [4.69, 9.17) is 4.99 Å². The molecule has 0 atom stereocenters. The van der Waals surface area contributed by atoms with Crippen LogP contribution in [0.25, 0.3) is 0 Å². The number of aliphatic hydroxyl groups excluding tert-OH is 3. The molecule has 1 aliphatic rings. The van der Waals surface area contributed by atoms with Crippen molar-refractivity contribution in [2.24, 2.45) is 4.99 Å². The van der Waals surface area contributed by atoms with Gasteiger partial charge < -0.3 is 30.4 Å². The van der Waals surface area contributed by atoms with Gasteiger partial charge in [-0.15, -0.1) is 0 Å². The van der Waals surface area contributed by atoms with Crippen molar-refractivity contribution in [3.05, 3.63) is 70.1 Å². The smallest absolute Gasteiger partial charge is 0.211 e. The summed E-state index contributed by atoms with van der Waals surface area (Å²) in [6.45, 7) is 14.2. The Morgan fingerprint density at radius 2 is 1.37 bits per heavy atom. The zero-order valence-electron chi connectivity index (χ0n) is 23.3. The zero-order valence-corrected chi connectivity index (χ0v) is 23.3. The second-order valence-corrected chi connectivity index (χ2v) is 9.46. The SMILES string of the molecule is CCN(CCO)c1ccc(N=C2C(=O)C(C)=C(O)C(Nc3ccc(N(CC)CCO)cc3C)=C2C)c(C)c1. The van der Waals surface area contributed by atoms with Gasteiger partial charge in [0.1, 0.15) is 11.5 Å². The lowest BCUT2D eigenvalue weighted by molar-refractivity contribution is -0.109. The van der Waals surface area contributed by atoms with E-state index in [1.54, 1.807) is 13.8 Å². The van der Waals surface area contributed by atoms with Crippen LogP contribution in [0.4, 0.5) is 22.7 Å². The number of nitrogens with one attached hydrogen (secondary N) is 1. The molecule has 0 bridgehead atoms. The highest BCUT2D eigenvalue weighted by Gasteiger charge is 2.29. The Kier molecular flexibility index (Phi) is 9.72. The average Bonchev–Trinajstić information content (AvgIpc) is 2.91. The van der Waals surface area contributed by atoms with Crippen LogP contribution in [0.5, 0.6) is 0 Å². The first-order valence-corrected chi connectivity index (χ1v) is 13.1. The van der Waals surface area contributed by atoms with Crippen LogP contribution in [-0.2, 0) is 4.79 Å². The number of hydrogen-bond donors (Lipinski definition) is 4. The third kappa shape index (κ3) is 6.09. The lowest BCUT2D eigenvalue weighted by Gasteiger charge is -2.25. The number of ketones is 1. The molecule has 0 radical (unpaired) electrons. The molecule has 8 nitrogen and oxygen atoms in total. The van der Waals surface area contributed by atoms with Gasteiger partial charge in [-0.3, -0.25) is 4.79 Å². The molecule has 0 saturated heterocycles. The van der Waals surface area contributed by atoms with Crippen LogP contribution >= 0.6 is 0 Å². The van der Waals surface area contributed by atoms with E-state index in [0.29, 0.717) is 30.0 Å². The van der Waals surface area contributed by atoms with Crippen molar-refractivity contribution >= 4 is 34.2 Å². The molecule has 204 valence electrons. The summed E-state index contributed by atoms with van der Waals surface area (Å²) < 4.78 is 0. The first-order valence-electron chi connectivity index (χ1n) is 13.1. The molecule has 2 aromatic carbocycles. The molecule has 3 rings (SSSR count). The maximum absolute atomic E-state index is 13.2. The minimum atomic E-state index is -0.306. The van der Waals surface area contributed by atoms with Crippen LogP contribution in [0.2, 0.25) is 0 Å². The van der Waals surface area contributed by atoms with Crippen LogP contribution in [0.15, 0.2) is 64.0 Å². The highest BCUT2D eigenvalue weighted by atomic mass is 16.3. The highest BCUT2D eigenvalue weighted by molar-refractivity contribution is 6.52. The predicted molar refractivity (Wildman–Crippen MR) is 156 cm³/mol. The van der Waals surface area contributed by atoms with Crippen LogP contribution in [-0.4, -0.2) is 66.2 Å². The number of likely N-dealkylation sites (N-methyl/N-ethyl adjacent to an activating group) is 2. The Labute approximate surface area is 225 Å². The van der Waals surface area contributed by atoms with Crippen LogP contribution < -0.4 is 15.1 Å². The number of benzene rings is 2. The minimum absolute atomic E-state index is 0.0715. The molecule has 2 aromatic rings. The normalized spacial score (nSPS) is 14.9. The lowest BCUT2D eigenvalue weighted by atomic mass is 9.92. The first kappa shape index (κ1) is 28.9. The van der Waals surface area contributed by atoms with Crippen molar-refractivity contribution in [3.8, 4) is 0 Å². The molecule has 1 aliphatic carbocycles. The van der Waals surface area contributed by atoms with Crippen molar-refractivity contribution in [2.45, 2.75) is 41.5 Å². The van der Waals surface area contributed by atoms with Crippen molar-refractivity contribution in [1.29, 1.82) is 0 Å². The van der Waals surface area contributed by atoms with E-state index in [9.17, 15) is 20.1 Å². The van der Waals surface area contributed by atoms with Gasteiger partial charge in [0.05, 0.1) is 24.6 Å². The summed E-state index contributed by atoms with van der Waals surface area (Å²) in [5.74, 6) is -0.390. The molecule has 0 amide bonds. The van der Waals surface area contributed by atoms with Gasteiger partial charge in [-0.05, 0) is 89.1 Å². The van der Waals surface area contributed by atoms with Crippen molar-refractivity contribution in [1.82, 2.24) is 0 Å². The van der Waals surface area contributed by atoms with Crippen molar-refractivity contribution < 1.29 is 20.1 Å². The summed E-state index contributed by atoms with van der Waals surface area (Å²) in [6.07, 6.45) is 0. The van der Waals surface area contributed by atoms with Crippen molar-refractivity contribution in [3.63, 3.8) is 0 Å². The molecule has 8 heteroatoms. The van der Waals surface area contributed by atoms with Gasteiger partial charge in [0.15, 0.2) is 0 Å². The molecule has 0 unspecified atom stereocenters. The predicted octanol–water partition coefficient (Wildman–Crippen LogP) is 4.81. The fraction of sp³-hybridized carbons (Fsp3) is 0.400. The summed E-state index contributed by atoms with van der Waals surface area (Å²) in [4.78, 5) is 22.1. The quantitative estimate of drug-likeness (QED) is 0.315. The van der Waals surface area contributed by atoms with Crippen LogP contribution in [0, 0.1) is 13.8 Å². The van der Waals surface area contributed by atoms with Gasteiger partial charge in [-0.1, -0.05) is 0 Å². The van der Waals surface area contributed by atoms with E-state index in [2.05, 4.69) is 15.1 Å². The van der Waals surface area contributed by atoms with Gasteiger partial charge in [-0.25, -0.2) is 4.99 Å². The maximum Gasteiger partial charge on any atom is 0.211 e. The summed E-state index contributed by atoms with van der Waals surface area (Å²) in [6, 6.07) is 11.8. The molecule has 0 fully saturated rings. The van der Waals surface area contributed by atoms with Gasteiger partial charge in [-0.2, -0.15) is 0 Å². The number of allylic oxidation sites excluding steroid dienone is 2. The molecule has 0 saturated carbocycles. The summed E-state index contributed by atoms with van der Waals surface area (Å²) in [7, 11) is 0. The van der Waals surface area contributed by atoms with Crippen LogP contribution in [0.3, 0.4) is 0 Å². The van der Waals surface area contributed by atoms with E-state index in [-0.39, 0.29) is 36.0 Å². The number of rotatable bonds is 11. The zero-order chi connectivity index (χ0) is 28.0. The van der Waals surface area contributed by atoms with E-state index >= 15 is 0 Å². The molecule has 0 heterocycles. The third-order valence-corrected chi connectivity index (χ3v) is 6.99. The number of carbonyl (C=O) groups excluding carboxylic acids is 1. The molecular formula is C30H40N4O4. The molecule has 4 N–H and O–H groups in total. The third-order valence-electron chi connectivity index (χ3n) is 6.99. The molecule has 38 heavy (non-hydrogen) atoms. The molecule has 0 aromatic heterocycles. The minimum Gasteiger partial charge on any atom is -0.505 e. The number of Topliss-reactive ketones (excluding diaryl/α,β-unsaturated/α-hetero) is 1. The molecule has 0 aliphatic heterocycles.